The molecule has 0 radical (unpaired) electrons. The summed E-state index contributed by atoms with van der Waals surface area (Å²) < 4.78 is 10.3. The third-order valence-electron chi connectivity index (χ3n) is 3.05. The van der Waals surface area contributed by atoms with E-state index in [0.717, 1.165) is 0 Å². The topological polar surface area (TPSA) is 119 Å². The number of carbonyl (C=O) groups is 3. The van der Waals surface area contributed by atoms with E-state index in [-0.39, 0.29) is 37.0 Å². The number of carboxylic acids is 1. The van der Waals surface area contributed by atoms with Crippen molar-refractivity contribution in [3.8, 4) is 11.5 Å². The van der Waals surface area contributed by atoms with Crippen LogP contribution in [0, 0.1) is 0 Å². The fraction of sp³-hybridized carbons (Fsp3) is 0.400. The highest BCUT2D eigenvalue weighted by Crippen LogP contribution is 2.28. The molecule has 126 valence electrons. The summed E-state index contributed by atoms with van der Waals surface area (Å²) in [7, 11) is 1.41. The van der Waals surface area contributed by atoms with Crippen LogP contribution in [-0.2, 0) is 9.59 Å². The van der Waals surface area contributed by atoms with Gasteiger partial charge >= 0.3 is 5.97 Å². The number of carboxylic acid groups (broad SMARTS) is 1. The van der Waals surface area contributed by atoms with Gasteiger partial charge in [0, 0.05) is 18.7 Å². The summed E-state index contributed by atoms with van der Waals surface area (Å²) in [6, 6.07) is 4.49. The summed E-state index contributed by atoms with van der Waals surface area (Å²) in [6.45, 7) is 1.96. The first-order valence-electron chi connectivity index (χ1n) is 6.99. The van der Waals surface area contributed by atoms with Gasteiger partial charge in [0.05, 0.1) is 13.5 Å². The van der Waals surface area contributed by atoms with Crippen LogP contribution in [0.1, 0.15) is 23.7 Å². The fourth-order valence-electron chi connectivity index (χ4n) is 1.89. The van der Waals surface area contributed by atoms with Crippen molar-refractivity contribution in [1.82, 2.24) is 4.90 Å². The molecule has 0 fully saturated rings. The summed E-state index contributed by atoms with van der Waals surface area (Å²) in [5.74, 6) is -1.33. The number of hydrogen-bond donors (Lipinski definition) is 2. The lowest BCUT2D eigenvalue weighted by atomic mass is 10.1. The predicted octanol–water partition coefficient (Wildman–Crippen LogP) is 0.496. The fourth-order valence-corrected chi connectivity index (χ4v) is 1.89. The van der Waals surface area contributed by atoms with E-state index in [4.69, 9.17) is 20.3 Å². The van der Waals surface area contributed by atoms with E-state index in [0.29, 0.717) is 12.1 Å². The lowest BCUT2D eigenvalue weighted by Crippen LogP contribution is -2.32. The van der Waals surface area contributed by atoms with Crippen molar-refractivity contribution in [3.05, 3.63) is 23.8 Å². The van der Waals surface area contributed by atoms with Crippen LogP contribution in [-0.4, -0.2) is 54.6 Å². The van der Waals surface area contributed by atoms with E-state index >= 15 is 0 Å². The summed E-state index contributed by atoms with van der Waals surface area (Å²) >= 11 is 0. The number of benzene rings is 1. The molecular formula is C15H20N2O6. The standard InChI is InChI=1S/C15H20N2O6/c1-3-17(7-6-14(19)20)15(21)10-4-5-11(12(8-10)22-2)23-9-13(16)18/h4-5,8H,3,6-7,9H2,1-2H3,(H2,16,18)(H,19,20). The number of methoxy groups -OCH3 is 1. The average Bonchev–Trinajstić information content (AvgIpc) is 2.52. The van der Waals surface area contributed by atoms with Crippen molar-refractivity contribution in [2.45, 2.75) is 13.3 Å². The molecule has 1 aromatic carbocycles. The van der Waals surface area contributed by atoms with E-state index in [2.05, 4.69) is 0 Å². The van der Waals surface area contributed by atoms with E-state index < -0.39 is 11.9 Å². The number of nitrogens with zero attached hydrogens (tertiary/aromatic N) is 1. The number of hydrogen-bond acceptors (Lipinski definition) is 5. The molecular weight excluding hydrogens is 304 g/mol. The number of ether oxygens (including phenoxy) is 2. The maximum absolute atomic E-state index is 12.4. The zero-order chi connectivity index (χ0) is 17.4. The number of aliphatic carboxylic acids is 1. The van der Waals surface area contributed by atoms with Crippen LogP contribution in [0.25, 0.3) is 0 Å². The highest BCUT2D eigenvalue weighted by molar-refractivity contribution is 5.95. The average molecular weight is 324 g/mol. The highest BCUT2D eigenvalue weighted by Gasteiger charge is 2.17. The number of rotatable bonds is 9. The van der Waals surface area contributed by atoms with Crippen molar-refractivity contribution < 1.29 is 29.0 Å². The first-order chi connectivity index (χ1) is 10.9. The molecule has 0 aromatic heterocycles. The molecule has 1 rings (SSSR count). The van der Waals surface area contributed by atoms with E-state index in [9.17, 15) is 14.4 Å². The molecule has 3 N–H and O–H groups in total. The molecule has 1 aromatic rings. The van der Waals surface area contributed by atoms with Gasteiger partial charge in [-0.3, -0.25) is 14.4 Å². The molecule has 8 nitrogen and oxygen atoms in total. The second kappa shape index (κ2) is 8.62. The van der Waals surface area contributed by atoms with Gasteiger partial charge in [-0.15, -0.1) is 0 Å². The lowest BCUT2D eigenvalue weighted by molar-refractivity contribution is -0.137. The Kier molecular flexibility index (Phi) is 6.85. The molecule has 0 unspecified atom stereocenters. The van der Waals surface area contributed by atoms with Crippen LogP contribution >= 0.6 is 0 Å². The SMILES string of the molecule is CCN(CCC(=O)O)C(=O)c1ccc(OCC(N)=O)c(OC)c1. The quantitative estimate of drug-likeness (QED) is 0.682. The Morgan fingerprint density at radius 3 is 2.48 bits per heavy atom. The maximum Gasteiger partial charge on any atom is 0.305 e. The lowest BCUT2D eigenvalue weighted by Gasteiger charge is -2.20. The molecule has 0 bridgehead atoms. The van der Waals surface area contributed by atoms with Gasteiger partial charge in [-0.1, -0.05) is 0 Å². The summed E-state index contributed by atoms with van der Waals surface area (Å²) in [5.41, 5.74) is 5.35. The molecule has 0 spiro atoms. The molecule has 0 saturated carbocycles. The molecule has 0 heterocycles. The van der Waals surface area contributed by atoms with Crippen LogP contribution in [0.3, 0.4) is 0 Å². The second-order valence-corrected chi connectivity index (χ2v) is 4.65. The minimum absolute atomic E-state index is 0.118. The molecule has 0 aliphatic carbocycles. The van der Waals surface area contributed by atoms with Crippen LogP contribution in [0.4, 0.5) is 0 Å². The number of amides is 2. The van der Waals surface area contributed by atoms with Gasteiger partial charge in [-0.2, -0.15) is 0 Å². The van der Waals surface area contributed by atoms with Crippen molar-refractivity contribution in [3.63, 3.8) is 0 Å². The van der Waals surface area contributed by atoms with E-state index in [1.165, 1.54) is 30.2 Å². The van der Waals surface area contributed by atoms with Crippen LogP contribution < -0.4 is 15.2 Å². The molecule has 0 saturated heterocycles. The molecule has 8 heteroatoms. The molecule has 0 atom stereocenters. The van der Waals surface area contributed by atoms with E-state index in [1.807, 2.05) is 0 Å². The monoisotopic (exact) mass is 324 g/mol. The van der Waals surface area contributed by atoms with Crippen LogP contribution in [0.15, 0.2) is 18.2 Å². The Hall–Kier alpha value is -2.77. The Labute approximate surface area is 133 Å². The Morgan fingerprint density at radius 2 is 1.96 bits per heavy atom. The Bertz CT molecular complexity index is 587. The molecule has 2 amide bonds. The zero-order valence-corrected chi connectivity index (χ0v) is 13.1. The summed E-state index contributed by atoms with van der Waals surface area (Å²) in [4.78, 5) is 35.2. The van der Waals surface area contributed by atoms with Crippen molar-refractivity contribution in [2.24, 2.45) is 5.73 Å². The van der Waals surface area contributed by atoms with Crippen LogP contribution in [0.2, 0.25) is 0 Å². The molecule has 23 heavy (non-hydrogen) atoms. The first kappa shape index (κ1) is 18.3. The van der Waals surface area contributed by atoms with Gasteiger partial charge in [0.2, 0.25) is 0 Å². The number of nitrogens with two attached hydrogens (primary N) is 1. The molecule has 0 aliphatic heterocycles. The number of primary amides is 1. The smallest absolute Gasteiger partial charge is 0.305 e. The largest absolute Gasteiger partial charge is 0.493 e. The normalized spacial score (nSPS) is 10.0. The predicted molar refractivity (Wildman–Crippen MR) is 81.5 cm³/mol. The maximum atomic E-state index is 12.4. The Balaban J connectivity index is 2.92. The highest BCUT2D eigenvalue weighted by atomic mass is 16.5. The van der Waals surface area contributed by atoms with Gasteiger partial charge < -0.3 is 25.2 Å². The first-order valence-corrected chi connectivity index (χ1v) is 6.99. The third kappa shape index (κ3) is 5.50. The minimum atomic E-state index is -0.968. The van der Waals surface area contributed by atoms with Gasteiger partial charge in [-0.05, 0) is 25.1 Å². The molecule has 0 aliphatic rings. The number of carbonyl (C=O) groups excluding carboxylic acids is 2. The van der Waals surface area contributed by atoms with Crippen molar-refractivity contribution in [1.29, 1.82) is 0 Å². The van der Waals surface area contributed by atoms with Gasteiger partial charge in [0.25, 0.3) is 11.8 Å². The van der Waals surface area contributed by atoms with Gasteiger partial charge in [-0.25, -0.2) is 0 Å². The Morgan fingerprint density at radius 1 is 1.26 bits per heavy atom. The summed E-state index contributed by atoms with van der Waals surface area (Å²) in [6.07, 6.45) is -0.128. The van der Waals surface area contributed by atoms with Crippen LogP contribution in [0.5, 0.6) is 11.5 Å². The van der Waals surface area contributed by atoms with Gasteiger partial charge in [0.15, 0.2) is 18.1 Å². The third-order valence-corrected chi connectivity index (χ3v) is 3.05. The van der Waals surface area contributed by atoms with Crippen molar-refractivity contribution in [2.75, 3.05) is 26.8 Å². The minimum Gasteiger partial charge on any atom is -0.493 e. The second-order valence-electron chi connectivity index (χ2n) is 4.65. The van der Waals surface area contributed by atoms with E-state index in [1.54, 1.807) is 6.92 Å². The summed E-state index contributed by atoms with van der Waals surface area (Å²) in [5, 5.41) is 8.72. The van der Waals surface area contributed by atoms with Gasteiger partial charge in [0.1, 0.15) is 0 Å². The zero-order valence-electron chi connectivity index (χ0n) is 13.1. The van der Waals surface area contributed by atoms with Crippen molar-refractivity contribution >= 4 is 17.8 Å².